The summed E-state index contributed by atoms with van der Waals surface area (Å²) in [5.74, 6) is 0. The molecule has 90 valence electrons. The Morgan fingerprint density at radius 1 is 1.60 bits per heavy atom. The Hall–Kier alpha value is -0.160. The van der Waals surface area contributed by atoms with Gasteiger partial charge in [-0.25, -0.2) is 0 Å². The fourth-order valence-corrected chi connectivity index (χ4v) is 2.49. The predicted molar refractivity (Wildman–Crippen MR) is 62.8 cm³/mol. The molecule has 4 heteroatoms. The van der Waals surface area contributed by atoms with Crippen LogP contribution in [0.2, 0.25) is 0 Å². The number of hydrogen-bond donors (Lipinski definition) is 3. The highest BCUT2D eigenvalue weighted by atomic mass is 16.3. The van der Waals surface area contributed by atoms with Gasteiger partial charge < -0.3 is 21.1 Å². The third kappa shape index (κ3) is 3.72. The van der Waals surface area contributed by atoms with E-state index in [1.165, 1.54) is 6.42 Å². The van der Waals surface area contributed by atoms with Crippen LogP contribution < -0.4 is 11.1 Å². The summed E-state index contributed by atoms with van der Waals surface area (Å²) in [4.78, 5) is 2.33. The van der Waals surface area contributed by atoms with E-state index in [-0.39, 0.29) is 12.1 Å². The molecule has 0 radical (unpaired) electrons. The molecule has 4 N–H and O–H groups in total. The minimum absolute atomic E-state index is 0.0571. The molecule has 4 nitrogen and oxygen atoms in total. The Morgan fingerprint density at radius 3 is 2.87 bits per heavy atom. The Bertz CT molecular complexity index is 189. The summed E-state index contributed by atoms with van der Waals surface area (Å²) in [7, 11) is 2.14. The van der Waals surface area contributed by atoms with Crippen LogP contribution in [0.5, 0.6) is 0 Å². The van der Waals surface area contributed by atoms with Gasteiger partial charge in [-0.2, -0.15) is 0 Å². The lowest BCUT2D eigenvalue weighted by Gasteiger charge is -2.43. The van der Waals surface area contributed by atoms with Crippen LogP contribution in [0.3, 0.4) is 0 Å². The molecule has 0 aromatic heterocycles. The number of rotatable bonds is 5. The van der Waals surface area contributed by atoms with Crippen molar-refractivity contribution < 1.29 is 5.11 Å². The van der Waals surface area contributed by atoms with Gasteiger partial charge in [0.05, 0.1) is 0 Å². The monoisotopic (exact) mass is 215 g/mol. The molecule has 1 heterocycles. The van der Waals surface area contributed by atoms with Crippen LogP contribution in [-0.2, 0) is 0 Å². The molecular weight excluding hydrogens is 190 g/mol. The molecule has 0 bridgehead atoms. The van der Waals surface area contributed by atoms with Gasteiger partial charge in [-0.15, -0.1) is 0 Å². The van der Waals surface area contributed by atoms with Gasteiger partial charge >= 0.3 is 0 Å². The largest absolute Gasteiger partial charge is 0.396 e. The number of likely N-dealkylation sites (N-methyl/N-ethyl adjacent to an activating group) is 1. The van der Waals surface area contributed by atoms with Crippen LogP contribution in [0.25, 0.3) is 0 Å². The van der Waals surface area contributed by atoms with Crippen molar-refractivity contribution in [3.8, 4) is 0 Å². The second-order valence-corrected chi connectivity index (χ2v) is 4.88. The minimum atomic E-state index is 0.0571. The van der Waals surface area contributed by atoms with Gasteiger partial charge in [0.25, 0.3) is 0 Å². The zero-order valence-corrected chi connectivity index (χ0v) is 10.00. The first-order chi connectivity index (χ1) is 7.12. The number of aliphatic hydroxyl groups excluding tert-OH is 1. The number of likely N-dealkylation sites (tertiary alicyclic amines) is 1. The molecule has 2 atom stereocenters. The summed E-state index contributed by atoms with van der Waals surface area (Å²) in [5.41, 5.74) is 5.95. The molecule has 2 unspecified atom stereocenters. The van der Waals surface area contributed by atoms with E-state index in [9.17, 15) is 0 Å². The molecule has 0 saturated carbocycles. The van der Waals surface area contributed by atoms with E-state index in [0.29, 0.717) is 12.6 Å². The molecule has 1 aliphatic heterocycles. The highest BCUT2D eigenvalue weighted by molar-refractivity contribution is 4.96. The maximum Gasteiger partial charge on any atom is 0.0445 e. The van der Waals surface area contributed by atoms with Crippen molar-refractivity contribution in [3.63, 3.8) is 0 Å². The second kappa shape index (κ2) is 5.80. The SMILES string of the molecule is CC(CCO)NC1(CN)CCCN(C)C1. The Labute approximate surface area is 92.8 Å². The van der Waals surface area contributed by atoms with Gasteiger partial charge in [0.1, 0.15) is 0 Å². The number of nitrogens with two attached hydrogens (primary N) is 1. The summed E-state index contributed by atoms with van der Waals surface area (Å²) < 4.78 is 0. The van der Waals surface area contributed by atoms with Crippen LogP contribution >= 0.6 is 0 Å². The molecule has 1 saturated heterocycles. The van der Waals surface area contributed by atoms with Crippen LogP contribution in [0, 0.1) is 0 Å². The molecule has 1 fully saturated rings. The van der Waals surface area contributed by atoms with Gasteiger partial charge in [-0.1, -0.05) is 0 Å². The quantitative estimate of drug-likeness (QED) is 0.593. The number of nitrogens with zero attached hydrogens (tertiary/aromatic N) is 1. The van der Waals surface area contributed by atoms with E-state index >= 15 is 0 Å². The topological polar surface area (TPSA) is 61.5 Å². The molecule has 0 aliphatic carbocycles. The van der Waals surface area contributed by atoms with Crippen molar-refractivity contribution in [1.29, 1.82) is 0 Å². The molecular formula is C11H25N3O. The molecule has 0 amide bonds. The Kier molecular flexibility index (Phi) is 4.99. The number of aliphatic hydroxyl groups is 1. The maximum absolute atomic E-state index is 8.89. The van der Waals surface area contributed by atoms with Gasteiger partial charge in [-0.05, 0) is 39.8 Å². The van der Waals surface area contributed by atoms with E-state index in [1.807, 2.05) is 0 Å². The summed E-state index contributed by atoms with van der Waals surface area (Å²) in [5, 5.41) is 12.5. The summed E-state index contributed by atoms with van der Waals surface area (Å²) in [6, 6.07) is 0.338. The fourth-order valence-electron chi connectivity index (χ4n) is 2.49. The van der Waals surface area contributed by atoms with Gasteiger partial charge in [0.2, 0.25) is 0 Å². The maximum atomic E-state index is 8.89. The molecule has 0 aromatic carbocycles. The molecule has 0 aromatic rings. The minimum Gasteiger partial charge on any atom is -0.396 e. The molecule has 1 rings (SSSR count). The van der Waals surface area contributed by atoms with Crippen LogP contribution in [0.15, 0.2) is 0 Å². The third-order valence-electron chi connectivity index (χ3n) is 3.27. The summed E-state index contributed by atoms with van der Waals surface area (Å²) in [6.45, 7) is 5.21. The highest BCUT2D eigenvalue weighted by Gasteiger charge is 2.33. The average Bonchev–Trinajstić information content (AvgIpc) is 2.18. The highest BCUT2D eigenvalue weighted by Crippen LogP contribution is 2.20. The van der Waals surface area contributed by atoms with E-state index in [4.69, 9.17) is 10.8 Å². The first-order valence-electron chi connectivity index (χ1n) is 5.89. The predicted octanol–water partition coefficient (Wildman–Crippen LogP) is -0.230. The lowest BCUT2D eigenvalue weighted by molar-refractivity contribution is 0.133. The van der Waals surface area contributed by atoms with Crippen molar-refractivity contribution in [2.45, 2.75) is 37.8 Å². The normalized spacial score (nSPS) is 30.4. The van der Waals surface area contributed by atoms with Crippen LogP contribution in [0.4, 0.5) is 0 Å². The lowest BCUT2D eigenvalue weighted by Crippen LogP contribution is -2.62. The number of hydrogen-bond acceptors (Lipinski definition) is 4. The zero-order chi connectivity index (χ0) is 11.3. The summed E-state index contributed by atoms with van der Waals surface area (Å²) in [6.07, 6.45) is 3.14. The smallest absolute Gasteiger partial charge is 0.0445 e. The first-order valence-corrected chi connectivity index (χ1v) is 5.89. The second-order valence-electron chi connectivity index (χ2n) is 4.88. The van der Waals surface area contributed by atoms with Crippen molar-refractivity contribution in [3.05, 3.63) is 0 Å². The molecule has 0 spiro atoms. The standard InChI is InChI=1S/C11H25N3O/c1-10(4-7-15)13-11(8-12)5-3-6-14(2)9-11/h10,13,15H,3-9,12H2,1-2H3. The van der Waals surface area contributed by atoms with Gasteiger partial charge in [0.15, 0.2) is 0 Å². The Balaban J connectivity index is 2.51. The first kappa shape index (κ1) is 12.9. The van der Waals surface area contributed by atoms with E-state index in [2.05, 4.69) is 24.2 Å². The Morgan fingerprint density at radius 2 is 2.33 bits per heavy atom. The molecule has 15 heavy (non-hydrogen) atoms. The van der Waals surface area contributed by atoms with Crippen molar-refractivity contribution in [1.82, 2.24) is 10.2 Å². The van der Waals surface area contributed by atoms with Crippen molar-refractivity contribution >= 4 is 0 Å². The van der Waals surface area contributed by atoms with Crippen molar-refractivity contribution in [2.75, 3.05) is 33.3 Å². The van der Waals surface area contributed by atoms with Crippen LogP contribution in [-0.4, -0.2) is 54.9 Å². The van der Waals surface area contributed by atoms with Gasteiger partial charge in [-0.3, -0.25) is 0 Å². The van der Waals surface area contributed by atoms with E-state index in [1.54, 1.807) is 0 Å². The third-order valence-corrected chi connectivity index (χ3v) is 3.27. The number of nitrogens with one attached hydrogen (secondary N) is 1. The van der Waals surface area contributed by atoms with Crippen molar-refractivity contribution in [2.24, 2.45) is 5.73 Å². The van der Waals surface area contributed by atoms with Crippen LogP contribution in [0.1, 0.15) is 26.2 Å². The lowest BCUT2D eigenvalue weighted by atomic mass is 9.88. The van der Waals surface area contributed by atoms with E-state index < -0.39 is 0 Å². The zero-order valence-electron chi connectivity index (χ0n) is 10.00. The average molecular weight is 215 g/mol. The van der Waals surface area contributed by atoms with E-state index in [0.717, 1.165) is 25.9 Å². The number of piperidine rings is 1. The van der Waals surface area contributed by atoms with Gasteiger partial charge in [0, 0.05) is 31.3 Å². The summed E-state index contributed by atoms with van der Waals surface area (Å²) >= 11 is 0. The molecule has 1 aliphatic rings. The fraction of sp³-hybridized carbons (Fsp3) is 1.00.